The molecular weight excluding hydrogens is 1480 g/mol. The van der Waals surface area contributed by atoms with E-state index in [0.29, 0.717) is 73.3 Å². The minimum absolute atomic E-state index is 0.0825. The van der Waals surface area contributed by atoms with Crippen LogP contribution in [0.5, 0.6) is 46.0 Å². The van der Waals surface area contributed by atoms with Gasteiger partial charge in [-0.15, -0.1) is 34.8 Å². The summed E-state index contributed by atoms with van der Waals surface area (Å²) >= 11 is 20.3. The van der Waals surface area contributed by atoms with Crippen LogP contribution in [-0.4, -0.2) is 242 Å². The molecule has 5 heterocycles. The lowest BCUT2D eigenvalue weighted by Gasteiger charge is -2.35. The molecule has 0 spiro atoms. The third kappa shape index (κ3) is 39.3. The minimum Gasteiger partial charge on any atom is -0.504 e. The summed E-state index contributed by atoms with van der Waals surface area (Å²) in [5.41, 5.74) is 15.9. The predicted molar refractivity (Wildman–Crippen MR) is 437 cm³/mol. The molecule has 7 aromatic rings. The number of β-amino-alcohol motifs (C(OH)–C–C–N with tert-alkyl or cyclic N) is 1. The number of aliphatic hydroxyl groups is 2. The molecule has 0 amide bonds. The van der Waals surface area contributed by atoms with Crippen molar-refractivity contribution in [3.63, 3.8) is 0 Å². The van der Waals surface area contributed by atoms with Crippen LogP contribution in [0.4, 0.5) is 5.69 Å². The van der Waals surface area contributed by atoms with E-state index in [2.05, 4.69) is 51.7 Å². The molecule has 7 aromatic carbocycles. The highest BCUT2D eigenvalue weighted by Crippen LogP contribution is 2.29. The van der Waals surface area contributed by atoms with E-state index in [9.17, 15) is 24.6 Å². The number of aromatic hydroxyl groups is 1. The quantitative estimate of drug-likeness (QED) is 0.0121. The highest BCUT2D eigenvalue weighted by molar-refractivity contribution is 6.67. The van der Waals surface area contributed by atoms with Crippen molar-refractivity contribution >= 4 is 68.9 Å². The van der Waals surface area contributed by atoms with Crippen molar-refractivity contribution in [3.05, 3.63) is 196 Å². The van der Waals surface area contributed by atoms with Crippen molar-refractivity contribution in [1.82, 2.24) is 30.7 Å². The van der Waals surface area contributed by atoms with E-state index < -0.39 is 17.6 Å². The molecule has 5 aliphatic heterocycles. The van der Waals surface area contributed by atoms with Crippen molar-refractivity contribution in [1.29, 1.82) is 0 Å². The van der Waals surface area contributed by atoms with Crippen molar-refractivity contribution in [3.8, 4) is 46.0 Å². The van der Waals surface area contributed by atoms with Crippen molar-refractivity contribution in [2.75, 3.05) is 176 Å². The van der Waals surface area contributed by atoms with Crippen LogP contribution in [-0.2, 0) is 36.7 Å². The van der Waals surface area contributed by atoms with Crippen LogP contribution in [0, 0.1) is 41.5 Å². The number of hydrogen-bond donors (Lipinski definition) is 7. The summed E-state index contributed by atoms with van der Waals surface area (Å²) in [6.45, 7) is 27.4. The van der Waals surface area contributed by atoms with Gasteiger partial charge in [-0.3, -0.25) is 29.1 Å². The topological polar surface area (TPSA) is 273 Å². The number of halogens is 4. The third-order valence-corrected chi connectivity index (χ3v) is 18.4. The molecule has 0 aliphatic carbocycles. The van der Waals surface area contributed by atoms with Gasteiger partial charge in [0.2, 0.25) is 5.24 Å². The number of methoxy groups -OCH3 is 4. The predicted octanol–water partition coefficient (Wildman–Crippen LogP) is 11.0. The molecule has 4 unspecified atom stereocenters. The van der Waals surface area contributed by atoms with Crippen molar-refractivity contribution in [2.45, 2.75) is 78.9 Å². The fourth-order valence-corrected chi connectivity index (χ4v) is 11.0. The summed E-state index contributed by atoms with van der Waals surface area (Å²) in [6.07, 6.45) is 0.487. The zero-order valence-electron chi connectivity index (χ0n) is 64.9. The average Bonchev–Trinajstić information content (AvgIpc) is 1.87. The Labute approximate surface area is 665 Å². The number of ether oxygens (including phenoxy) is 9. The van der Waals surface area contributed by atoms with E-state index in [1.807, 2.05) is 148 Å². The lowest BCUT2D eigenvalue weighted by molar-refractivity contribution is -0.120. The van der Waals surface area contributed by atoms with E-state index in [0.717, 1.165) is 131 Å². The smallest absolute Gasteiger partial charge is 0.236 e. The number of aliphatic hydroxyl groups excluding tert-OH is 2. The van der Waals surface area contributed by atoms with E-state index in [-0.39, 0.29) is 48.4 Å². The molecule has 600 valence electrons. The second-order valence-electron chi connectivity index (χ2n) is 25.7. The Balaban J connectivity index is 0.000000277. The van der Waals surface area contributed by atoms with Gasteiger partial charge in [0.15, 0.2) is 57.6 Å². The van der Waals surface area contributed by atoms with Crippen molar-refractivity contribution < 1.29 is 72.3 Å². The number of phenolic OH excluding ortho intramolecular Hbond substituents is 1. The number of phenols is 1. The van der Waals surface area contributed by atoms with Crippen LogP contribution in [0.25, 0.3) is 0 Å². The molecule has 109 heavy (non-hydrogen) atoms. The summed E-state index contributed by atoms with van der Waals surface area (Å²) in [5.74, 6) is 5.90. The Morgan fingerprint density at radius 2 is 0.844 bits per heavy atom. The minimum atomic E-state index is -0.581. The molecule has 0 radical (unpaired) electrons. The maximum atomic E-state index is 12.6. The average molecular weight is 1590 g/mol. The Hall–Kier alpha value is -7.49. The van der Waals surface area contributed by atoms with E-state index in [4.69, 9.17) is 99.9 Å². The number of epoxide rings is 2. The number of rotatable bonds is 25. The zero-order chi connectivity index (χ0) is 79.7. The second kappa shape index (κ2) is 55.0. The number of carbonyl (C=O) groups is 3. The molecular formula is C83H115Cl4N7O15. The van der Waals surface area contributed by atoms with Gasteiger partial charge in [-0.1, -0.05) is 103 Å². The lowest BCUT2D eigenvalue weighted by atomic mass is 9.98. The molecule has 22 nitrogen and oxygen atoms in total. The molecule has 5 saturated heterocycles. The first-order valence-electron chi connectivity index (χ1n) is 36.4. The maximum absolute atomic E-state index is 12.6. The first kappa shape index (κ1) is 93.9. The first-order valence-corrected chi connectivity index (χ1v) is 38.4. The van der Waals surface area contributed by atoms with E-state index >= 15 is 0 Å². The number of ketones is 2. The normalized spacial score (nSPS) is 15.9. The SMILES string of the molecule is C1CNCCN1.COc1ccccc1O.COc1ccccc1OCC(O)CN1CCN(CC(=O)Cc2c(C)cccc2C)CC1.COc1ccccc1OCC(O)N1CCNCC1.COc1ccccc1OCC1CO1.Cc1cccc(C)c1CC(=O)CCl.Cc1cccc(C)c1N.ClCC1CO1.O=C(Cl)CCl. The zero-order valence-corrected chi connectivity index (χ0v) is 67.9. The Kier molecular flexibility index (Phi) is 47.4. The highest BCUT2D eigenvalue weighted by Gasteiger charge is 2.25. The Morgan fingerprint density at radius 1 is 0.477 bits per heavy atom. The van der Waals surface area contributed by atoms with E-state index in [1.54, 1.807) is 45.6 Å². The molecule has 5 aliphatic rings. The molecule has 0 saturated carbocycles. The fourth-order valence-electron chi connectivity index (χ4n) is 10.7. The molecule has 26 heteroatoms. The number of nitrogens with zero attached hydrogens (tertiary/aromatic N) is 3. The third-order valence-electron chi connectivity index (χ3n) is 17.2. The van der Waals surface area contributed by atoms with Crippen LogP contribution in [0.3, 0.4) is 0 Å². The Bertz CT molecular complexity index is 3620. The van der Waals surface area contributed by atoms with Crippen molar-refractivity contribution in [2.24, 2.45) is 0 Å². The number of aryl methyl sites for hydroxylation is 6. The highest BCUT2D eigenvalue weighted by atomic mass is 35.5. The number of alkyl halides is 3. The fraction of sp³-hybridized carbons (Fsp3) is 0.458. The van der Waals surface area contributed by atoms with E-state index in [1.165, 1.54) is 29.4 Å². The van der Waals surface area contributed by atoms with Crippen LogP contribution in [0.15, 0.2) is 152 Å². The number of piperazine rings is 3. The summed E-state index contributed by atoms with van der Waals surface area (Å²) in [4.78, 5) is 39.6. The largest absolute Gasteiger partial charge is 0.504 e. The molecule has 4 atom stereocenters. The summed E-state index contributed by atoms with van der Waals surface area (Å²) in [5, 5.41) is 38.6. The van der Waals surface area contributed by atoms with Gasteiger partial charge in [-0.05, 0) is 146 Å². The molecule has 5 fully saturated rings. The van der Waals surface area contributed by atoms with Gasteiger partial charge >= 0.3 is 0 Å². The molecule has 0 bridgehead atoms. The monoisotopic (exact) mass is 1590 g/mol. The number of carbonyl (C=O) groups excluding carboxylic acids is 3. The van der Waals surface area contributed by atoms with Gasteiger partial charge < -0.3 is 79.6 Å². The number of nitrogens with one attached hydrogen (secondary N) is 3. The van der Waals surface area contributed by atoms with Gasteiger partial charge in [0.05, 0.1) is 71.9 Å². The lowest BCUT2D eigenvalue weighted by Crippen LogP contribution is -2.50. The number of anilines is 1. The molecule has 0 aromatic heterocycles. The summed E-state index contributed by atoms with van der Waals surface area (Å²) in [6, 6.07) is 47.6. The first-order chi connectivity index (χ1) is 52.6. The van der Waals surface area contributed by atoms with Crippen LogP contribution in [0.2, 0.25) is 0 Å². The van der Waals surface area contributed by atoms with Gasteiger partial charge in [-0.2, -0.15) is 0 Å². The maximum Gasteiger partial charge on any atom is 0.236 e. The number of nitrogens with two attached hydrogens (primary N) is 1. The number of para-hydroxylation sites is 9. The number of nitrogen functional groups attached to an aromatic ring is 1. The van der Waals surface area contributed by atoms with Crippen LogP contribution < -0.4 is 54.8 Å². The standard InChI is InChI=1S/C25H34N2O4.C13H20N2O3.C11H13ClO.C10H12O3.C8H11N.C7H8O2.C4H10N2.C3H5ClO.C2H2Cl2O/c1-19-7-6-8-20(2)23(19)15-21(28)16-26-11-13-27(14-12-26)17-22(29)18-31-25-10-5-4-9-24(25)30-3;1-17-11-4-2-3-5-12(11)18-10-13(16)15-8-6-14-7-9-15;1-8-4-3-5-9(2)11(8)6-10(13)7-12;1-11-9-4-2-3-5-10(9)13-7-8-6-12-8;1-6-4-3-5-7(2)8(6)9;1-9-7-5-3-2-4-6(7)8;1-2-6-4-3-5-1;4-1-3-2-5-3;3-1-2(4)5/h4-10,22,29H,11-18H2,1-3H3;2-5,13-14,16H,6-10H2,1H3;3-5H,6-7H2,1-2H3;2-5,8H,6-7H2,1H3;3-5H,9H2,1-2H3;2-5,8H,1H3;5-6H,1-4H2;3H,1-2H2;1H2. The van der Waals surface area contributed by atoms with Gasteiger partial charge in [0.25, 0.3) is 0 Å². The summed E-state index contributed by atoms with van der Waals surface area (Å²) < 4.78 is 47.0. The van der Waals surface area contributed by atoms with Crippen LogP contribution >= 0.6 is 46.4 Å². The Morgan fingerprint density at radius 3 is 1.20 bits per heavy atom. The van der Waals surface area contributed by atoms with Crippen LogP contribution in [0.1, 0.15) is 44.5 Å². The molecule has 8 N–H and O–H groups in total. The molecule has 12 rings (SSSR count). The van der Waals surface area contributed by atoms with Gasteiger partial charge in [0.1, 0.15) is 38.3 Å². The second-order valence-corrected chi connectivity index (χ2v) is 27.0. The number of Topliss-reactive ketones (excluding diaryl/α,β-unsaturated/α-hetero) is 2. The van der Waals surface area contributed by atoms with Gasteiger partial charge in [-0.25, -0.2) is 0 Å². The number of benzene rings is 7. The van der Waals surface area contributed by atoms with Gasteiger partial charge in [0, 0.05) is 104 Å². The summed E-state index contributed by atoms with van der Waals surface area (Å²) in [7, 11) is 6.37. The number of hydrogen-bond acceptors (Lipinski definition) is 22.